The van der Waals surface area contributed by atoms with Crippen molar-refractivity contribution in [2.45, 2.75) is 0 Å². The molecule has 0 aliphatic heterocycles. The molecular formula is C18H11Cl3N2OS. The van der Waals surface area contributed by atoms with Crippen molar-refractivity contribution in [1.29, 1.82) is 0 Å². The smallest absolute Gasteiger partial charge is 0.250 e. The molecule has 0 saturated heterocycles. The zero-order chi connectivity index (χ0) is 17.8. The largest absolute Gasteiger partial charge is 0.298 e. The van der Waals surface area contributed by atoms with Crippen molar-refractivity contribution in [1.82, 2.24) is 4.98 Å². The summed E-state index contributed by atoms with van der Waals surface area (Å²) in [6.07, 6.45) is 3.02. The van der Waals surface area contributed by atoms with Crippen molar-refractivity contribution in [2.24, 2.45) is 0 Å². The SMILES string of the molecule is O=C(/C=C/c1ccc(Cl)cc1Cl)Nc1nc(-c2ccccc2Cl)cs1. The Hall–Kier alpha value is -1.85. The van der Waals surface area contributed by atoms with Crippen LogP contribution in [-0.4, -0.2) is 10.9 Å². The van der Waals surface area contributed by atoms with Gasteiger partial charge in [0.25, 0.3) is 0 Å². The lowest BCUT2D eigenvalue weighted by molar-refractivity contribution is -0.111. The van der Waals surface area contributed by atoms with Gasteiger partial charge >= 0.3 is 0 Å². The second kappa shape index (κ2) is 8.02. The lowest BCUT2D eigenvalue weighted by Gasteiger charge is -2.00. The Bertz CT molecular complexity index is 953. The molecule has 1 N–H and O–H groups in total. The number of anilines is 1. The summed E-state index contributed by atoms with van der Waals surface area (Å²) in [6.45, 7) is 0. The summed E-state index contributed by atoms with van der Waals surface area (Å²) in [5.41, 5.74) is 2.25. The molecule has 0 radical (unpaired) electrons. The first kappa shape index (κ1) is 18.0. The van der Waals surface area contributed by atoms with Gasteiger partial charge in [0, 0.05) is 32.1 Å². The van der Waals surface area contributed by atoms with Gasteiger partial charge in [-0.15, -0.1) is 11.3 Å². The van der Waals surface area contributed by atoms with Crippen LogP contribution in [0.15, 0.2) is 53.9 Å². The van der Waals surface area contributed by atoms with Crippen molar-refractivity contribution in [3.8, 4) is 11.3 Å². The number of hydrogen-bond donors (Lipinski definition) is 1. The maximum atomic E-state index is 12.1. The summed E-state index contributed by atoms with van der Waals surface area (Å²) in [7, 11) is 0. The van der Waals surface area contributed by atoms with Gasteiger partial charge < -0.3 is 0 Å². The molecule has 3 aromatic rings. The molecule has 0 saturated carbocycles. The van der Waals surface area contributed by atoms with Crippen LogP contribution in [0.3, 0.4) is 0 Å². The molecule has 1 aromatic heterocycles. The highest BCUT2D eigenvalue weighted by Gasteiger charge is 2.09. The Kier molecular flexibility index (Phi) is 5.76. The summed E-state index contributed by atoms with van der Waals surface area (Å²) in [4.78, 5) is 16.4. The van der Waals surface area contributed by atoms with E-state index in [1.807, 2.05) is 23.6 Å². The van der Waals surface area contributed by atoms with Gasteiger partial charge in [0.15, 0.2) is 5.13 Å². The molecule has 0 aliphatic carbocycles. The second-order valence-corrected chi connectivity index (χ2v) is 7.12. The van der Waals surface area contributed by atoms with Gasteiger partial charge in [-0.05, 0) is 29.8 Å². The summed E-state index contributed by atoms with van der Waals surface area (Å²) in [5.74, 6) is -0.300. The fourth-order valence-corrected chi connectivity index (χ4v) is 3.49. The van der Waals surface area contributed by atoms with Crippen LogP contribution in [0.5, 0.6) is 0 Å². The molecule has 0 aliphatic rings. The van der Waals surface area contributed by atoms with Crippen LogP contribution >= 0.6 is 46.1 Å². The normalized spacial score (nSPS) is 11.0. The van der Waals surface area contributed by atoms with Gasteiger partial charge in [-0.1, -0.05) is 59.1 Å². The summed E-state index contributed by atoms with van der Waals surface area (Å²) < 4.78 is 0. The maximum absolute atomic E-state index is 12.1. The molecule has 0 spiro atoms. The Labute approximate surface area is 163 Å². The van der Waals surface area contributed by atoms with Crippen molar-refractivity contribution in [3.05, 3.63) is 74.6 Å². The number of nitrogens with zero attached hydrogens (tertiary/aromatic N) is 1. The van der Waals surface area contributed by atoms with Gasteiger partial charge in [0.1, 0.15) is 0 Å². The number of halogens is 3. The molecule has 1 heterocycles. The molecule has 3 nitrogen and oxygen atoms in total. The average Bonchev–Trinajstić information content (AvgIpc) is 3.02. The number of hydrogen-bond acceptors (Lipinski definition) is 3. The Balaban J connectivity index is 1.70. The summed E-state index contributed by atoms with van der Waals surface area (Å²) >= 11 is 19.4. The molecule has 0 fully saturated rings. The van der Waals surface area contributed by atoms with Crippen LogP contribution in [0.25, 0.3) is 17.3 Å². The van der Waals surface area contributed by atoms with E-state index in [1.54, 1.807) is 30.3 Å². The Morgan fingerprint density at radius 2 is 1.88 bits per heavy atom. The number of carbonyl (C=O) groups excluding carboxylic acids is 1. The van der Waals surface area contributed by atoms with E-state index in [2.05, 4.69) is 10.3 Å². The van der Waals surface area contributed by atoms with Gasteiger partial charge in [-0.2, -0.15) is 0 Å². The van der Waals surface area contributed by atoms with Crippen molar-refractivity contribution in [2.75, 3.05) is 5.32 Å². The number of amides is 1. The molecule has 1 amide bonds. The Morgan fingerprint density at radius 3 is 2.64 bits per heavy atom. The monoisotopic (exact) mass is 408 g/mol. The zero-order valence-corrected chi connectivity index (χ0v) is 15.8. The second-order valence-electron chi connectivity index (χ2n) is 5.01. The molecule has 7 heteroatoms. The van der Waals surface area contributed by atoms with Crippen LogP contribution in [0, 0.1) is 0 Å². The average molecular weight is 410 g/mol. The van der Waals surface area contributed by atoms with Crippen molar-refractivity contribution in [3.63, 3.8) is 0 Å². The summed E-state index contributed by atoms with van der Waals surface area (Å²) in [5, 5.41) is 6.69. The fraction of sp³-hybridized carbons (Fsp3) is 0. The van der Waals surface area contributed by atoms with Gasteiger partial charge in [0.05, 0.1) is 5.69 Å². The maximum Gasteiger partial charge on any atom is 0.250 e. The molecular weight excluding hydrogens is 399 g/mol. The molecule has 25 heavy (non-hydrogen) atoms. The first-order chi connectivity index (χ1) is 12.0. The molecule has 126 valence electrons. The minimum atomic E-state index is -0.300. The third kappa shape index (κ3) is 4.61. The van der Waals surface area contributed by atoms with Crippen LogP contribution < -0.4 is 5.32 Å². The van der Waals surface area contributed by atoms with E-state index in [-0.39, 0.29) is 5.91 Å². The topological polar surface area (TPSA) is 42.0 Å². The highest BCUT2D eigenvalue weighted by Crippen LogP contribution is 2.30. The first-order valence-corrected chi connectivity index (χ1v) is 9.19. The number of carbonyl (C=O) groups is 1. The molecule has 0 unspecified atom stereocenters. The minimum absolute atomic E-state index is 0.300. The van der Waals surface area contributed by atoms with Crippen LogP contribution in [0.2, 0.25) is 15.1 Å². The highest BCUT2D eigenvalue weighted by atomic mass is 35.5. The third-order valence-corrected chi connectivity index (χ3v) is 4.91. The van der Waals surface area contributed by atoms with Crippen LogP contribution in [0.1, 0.15) is 5.56 Å². The number of rotatable bonds is 4. The number of thiazole rings is 1. The number of benzene rings is 2. The predicted octanol–water partition coefficient (Wildman–Crippen LogP) is 6.42. The number of nitrogens with one attached hydrogen (secondary N) is 1. The first-order valence-electron chi connectivity index (χ1n) is 7.17. The van der Waals surface area contributed by atoms with Crippen LogP contribution in [0.4, 0.5) is 5.13 Å². The fourth-order valence-electron chi connectivity index (χ4n) is 2.07. The quantitative estimate of drug-likeness (QED) is 0.505. The predicted molar refractivity (Wildman–Crippen MR) is 107 cm³/mol. The van der Waals surface area contributed by atoms with E-state index in [9.17, 15) is 4.79 Å². The molecule has 0 atom stereocenters. The van der Waals surface area contributed by atoms with Gasteiger partial charge in [-0.3, -0.25) is 10.1 Å². The molecule has 0 bridgehead atoms. The van der Waals surface area contributed by atoms with Gasteiger partial charge in [0.2, 0.25) is 5.91 Å². The minimum Gasteiger partial charge on any atom is -0.298 e. The third-order valence-electron chi connectivity index (χ3n) is 3.26. The Morgan fingerprint density at radius 1 is 1.08 bits per heavy atom. The van der Waals surface area contributed by atoms with Gasteiger partial charge in [-0.25, -0.2) is 4.98 Å². The zero-order valence-electron chi connectivity index (χ0n) is 12.7. The number of aromatic nitrogens is 1. The van der Waals surface area contributed by atoms with Crippen LogP contribution in [-0.2, 0) is 4.79 Å². The summed E-state index contributed by atoms with van der Waals surface area (Å²) in [6, 6.07) is 12.5. The van der Waals surface area contributed by atoms with E-state index in [1.165, 1.54) is 17.4 Å². The van der Waals surface area contributed by atoms with E-state index in [0.29, 0.717) is 25.8 Å². The lowest BCUT2D eigenvalue weighted by Crippen LogP contribution is -2.07. The lowest BCUT2D eigenvalue weighted by atomic mass is 10.2. The molecule has 3 rings (SSSR count). The molecule has 2 aromatic carbocycles. The van der Waals surface area contributed by atoms with E-state index < -0.39 is 0 Å². The standard InChI is InChI=1S/C18H11Cl3N2OS/c19-12-7-5-11(15(21)9-12)6-8-17(24)23-18-22-16(10-25-18)13-3-1-2-4-14(13)20/h1-10H,(H,22,23,24)/b8-6+. The highest BCUT2D eigenvalue weighted by molar-refractivity contribution is 7.14. The van der Waals surface area contributed by atoms with Crippen molar-refractivity contribution >= 4 is 63.3 Å². The van der Waals surface area contributed by atoms with E-state index in [4.69, 9.17) is 34.8 Å². The van der Waals surface area contributed by atoms with Crippen molar-refractivity contribution < 1.29 is 4.79 Å². The van der Waals surface area contributed by atoms with E-state index >= 15 is 0 Å². The van der Waals surface area contributed by atoms with E-state index in [0.717, 1.165) is 11.3 Å².